The van der Waals surface area contributed by atoms with Gasteiger partial charge in [0.25, 0.3) is 0 Å². The van der Waals surface area contributed by atoms with Crippen LogP contribution in [-0.2, 0) is 18.3 Å². The zero-order valence-electron chi connectivity index (χ0n) is 17.7. The molecule has 1 fully saturated rings. The third-order valence-corrected chi connectivity index (χ3v) is 6.27. The molecule has 2 aliphatic carbocycles. The topological polar surface area (TPSA) is 115 Å². The van der Waals surface area contributed by atoms with Gasteiger partial charge in [0.1, 0.15) is 11.4 Å². The molecular weight excluding hydrogens is 390 g/mol. The van der Waals surface area contributed by atoms with Crippen LogP contribution in [0.5, 0.6) is 0 Å². The highest BCUT2D eigenvalue weighted by molar-refractivity contribution is 6.00. The van der Waals surface area contributed by atoms with E-state index in [9.17, 15) is 9.59 Å². The molecule has 2 aromatic heterocycles. The molecule has 158 valence electrons. The molecule has 3 N–H and O–H groups in total. The van der Waals surface area contributed by atoms with Gasteiger partial charge in [0.2, 0.25) is 5.95 Å². The quantitative estimate of drug-likeness (QED) is 0.594. The highest BCUT2D eigenvalue weighted by Gasteiger charge is 2.38. The molecule has 7 nitrogen and oxygen atoms in total. The lowest BCUT2D eigenvalue weighted by Crippen LogP contribution is -2.28. The maximum absolute atomic E-state index is 13.2. The summed E-state index contributed by atoms with van der Waals surface area (Å²) in [5.41, 5.74) is 10.8. The number of rotatable bonds is 6. The van der Waals surface area contributed by atoms with E-state index >= 15 is 0 Å². The monoisotopic (exact) mass is 415 g/mol. The normalized spacial score (nSPS) is 16.5. The molecular formula is C24H25N5O2. The Morgan fingerprint density at radius 1 is 1.13 bits per heavy atom. The third kappa shape index (κ3) is 3.65. The molecule has 0 unspecified atom stereocenters. The van der Waals surface area contributed by atoms with Crippen molar-refractivity contribution in [2.45, 2.75) is 51.4 Å². The van der Waals surface area contributed by atoms with Crippen molar-refractivity contribution in [3.05, 3.63) is 58.4 Å². The van der Waals surface area contributed by atoms with Gasteiger partial charge in [-0.2, -0.15) is 5.10 Å². The van der Waals surface area contributed by atoms with Crippen LogP contribution in [0.2, 0.25) is 0 Å². The summed E-state index contributed by atoms with van der Waals surface area (Å²) in [6.45, 7) is 4.19. The van der Waals surface area contributed by atoms with Crippen molar-refractivity contribution in [1.29, 1.82) is 0 Å². The van der Waals surface area contributed by atoms with Crippen molar-refractivity contribution in [2.24, 2.45) is 5.92 Å². The Hall–Kier alpha value is -3.35. The molecule has 1 saturated carbocycles. The van der Waals surface area contributed by atoms with E-state index < -0.39 is 0 Å². The van der Waals surface area contributed by atoms with Crippen LogP contribution in [0.3, 0.4) is 0 Å². The summed E-state index contributed by atoms with van der Waals surface area (Å²) in [6.07, 6.45) is 5.63. The molecule has 0 atom stereocenters. The van der Waals surface area contributed by atoms with E-state index in [0.29, 0.717) is 35.8 Å². The van der Waals surface area contributed by atoms with Crippen molar-refractivity contribution in [2.75, 3.05) is 5.73 Å². The number of aromatic amines is 1. The Morgan fingerprint density at radius 2 is 1.87 bits per heavy atom. The number of anilines is 1. The second kappa shape index (κ2) is 7.11. The number of hydrogen-bond donors (Lipinski definition) is 2. The first-order chi connectivity index (χ1) is 14.8. The first-order valence-corrected chi connectivity index (χ1v) is 10.7. The summed E-state index contributed by atoms with van der Waals surface area (Å²) in [5.74, 6) is 0.903. The zero-order chi connectivity index (χ0) is 21.8. The second-order valence-corrected chi connectivity index (χ2v) is 9.35. The second-order valence-electron chi connectivity index (χ2n) is 9.35. The van der Waals surface area contributed by atoms with Crippen LogP contribution < -0.4 is 5.73 Å². The van der Waals surface area contributed by atoms with E-state index in [-0.39, 0.29) is 29.4 Å². The predicted molar refractivity (Wildman–Crippen MR) is 117 cm³/mol. The summed E-state index contributed by atoms with van der Waals surface area (Å²) in [6, 6.07) is 7.40. The first kappa shape index (κ1) is 19.6. The predicted octanol–water partition coefficient (Wildman–Crippen LogP) is 3.69. The number of aromatic nitrogens is 4. The van der Waals surface area contributed by atoms with Gasteiger partial charge in [-0.15, -0.1) is 0 Å². The van der Waals surface area contributed by atoms with E-state index in [0.717, 1.165) is 35.1 Å². The number of Topliss-reactive ketones (excluding diaryl/α,β-unsaturated/α-hetero) is 2. The molecule has 0 saturated heterocycles. The molecule has 7 heteroatoms. The lowest BCUT2D eigenvalue weighted by atomic mass is 9.72. The molecule has 0 aliphatic heterocycles. The molecule has 3 aromatic rings. The van der Waals surface area contributed by atoms with Crippen LogP contribution >= 0.6 is 0 Å². The van der Waals surface area contributed by atoms with Crippen molar-refractivity contribution >= 4 is 17.5 Å². The summed E-state index contributed by atoms with van der Waals surface area (Å²) < 4.78 is 0. The summed E-state index contributed by atoms with van der Waals surface area (Å²) in [7, 11) is 0. The van der Waals surface area contributed by atoms with E-state index in [1.54, 1.807) is 6.20 Å². The summed E-state index contributed by atoms with van der Waals surface area (Å²) in [5, 5.41) is 7.39. The number of nitrogen functional groups attached to an aromatic ring is 1. The van der Waals surface area contributed by atoms with E-state index in [1.807, 2.05) is 24.3 Å². The summed E-state index contributed by atoms with van der Waals surface area (Å²) >= 11 is 0. The molecule has 31 heavy (non-hydrogen) atoms. The maximum atomic E-state index is 13.2. The van der Waals surface area contributed by atoms with Gasteiger partial charge in [-0.05, 0) is 41.7 Å². The maximum Gasteiger partial charge on any atom is 0.220 e. The number of carbonyl (C=O) groups is 2. The van der Waals surface area contributed by atoms with Gasteiger partial charge in [-0.3, -0.25) is 14.7 Å². The van der Waals surface area contributed by atoms with E-state index in [2.05, 4.69) is 34.0 Å². The van der Waals surface area contributed by atoms with Crippen LogP contribution in [0.1, 0.15) is 70.6 Å². The minimum atomic E-state index is -0.293. The number of fused-ring (bicyclic) bond motifs is 3. The Kier molecular flexibility index (Phi) is 4.50. The molecule has 5 rings (SSSR count). The Bertz CT molecular complexity index is 1190. The van der Waals surface area contributed by atoms with Crippen LogP contribution in [0.4, 0.5) is 5.95 Å². The largest absolute Gasteiger partial charge is 0.368 e. The molecule has 1 aromatic carbocycles. The zero-order valence-corrected chi connectivity index (χ0v) is 17.7. The minimum Gasteiger partial charge on any atom is -0.368 e. The fourth-order valence-electron chi connectivity index (χ4n) is 4.48. The number of carbonyl (C=O) groups excluding carboxylic acids is 2. The van der Waals surface area contributed by atoms with E-state index in [1.165, 1.54) is 0 Å². The van der Waals surface area contributed by atoms with Crippen molar-refractivity contribution < 1.29 is 9.59 Å². The van der Waals surface area contributed by atoms with Gasteiger partial charge in [0, 0.05) is 30.2 Å². The SMILES string of the molecule is CC1(C)Cc2cnc(N)nc2-c2n[nH]c(C(=O)Cc3ccc(C(=O)CC4CC4)cc3)c21. The average Bonchev–Trinajstić information content (AvgIpc) is 3.41. The number of benzene rings is 1. The van der Waals surface area contributed by atoms with Crippen LogP contribution in [0.15, 0.2) is 30.5 Å². The number of hydrogen-bond acceptors (Lipinski definition) is 6. The standard InChI is InChI=1S/C24H25N5O2/c1-24(2)11-16-12-26-23(25)27-20(16)22-19(24)21(28-29-22)18(31)10-14-5-7-15(8-6-14)17(30)9-13-3-4-13/h5-8,12-13H,3-4,9-11H2,1-2H3,(H,28,29)(H2,25,26,27). The molecule has 2 aliphatic rings. The number of H-pyrrole nitrogens is 1. The van der Waals surface area contributed by atoms with Gasteiger partial charge in [0.05, 0.1) is 5.69 Å². The van der Waals surface area contributed by atoms with Crippen LogP contribution in [0, 0.1) is 5.92 Å². The Morgan fingerprint density at radius 3 is 2.58 bits per heavy atom. The smallest absolute Gasteiger partial charge is 0.220 e. The van der Waals surface area contributed by atoms with Crippen molar-refractivity contribution in [3.8, 4) is 11.4 Å². The number of nitrogens with one attached hydrogen (secondary N) is 1. The van der Waals surface area contributed by atoms with Gasteiger partial charge in [0.15, 0.2) is 11.6 Å². The highest BCUT2D eigenvalue weighted by Crippen LogP contribution is 2.43. The van der Waals surface area contributed by atoms with E-state index in [4.69, 9.17) is 5.73 Å². The molecule has 0 amide bonds. The minimum absolute atomic E-state index is 0.0376. The Labute approximate surface area is 180 Å². The molecule has 0 radical (unpaired) electrons. The Balaban J connectivity index is 1.40. The fourth-order valence-corrected chi connectivity index (χ4v) is 4.48. The molecule has 2 heterocycles. The highest BCUT2D eigenvalue weighted by atomic mass is 16.1. The van der Waals surface area contributed by atoms with Gasteiger partial charge >= 0.3 is 0 Å². The third-order valence-electron chi connectivity index (χ3n) is 6.27. The molecule has 0 spiro atoms. The number of nitrogens with two attached hydrogens (primary N) is 1. The lowest BCUT2D eigenvalue weighted by Gasteiger charge is -2.30. The number of ketones is 2. The van der Waals surface area contributed by atoms with Gasteiger partial charge in [-0.1, -0.05) is 38.1 Å². The van der Waals surface area contributed by atoms with Crippen molar-refractivity contribution in [1.82, 2.24) is 20.2 Å². The van der Waals surface area contributed by atoms with Crippen LogP contribution in [-0.4, -0.2) is 31.7 Å². The van der Waals surface area contributed by atoms with Gasteiger partial charge in [-0.25, -0.2) is 9.97 Å². The lowest BCUT2D eigenvalue weighted by molar-refractivity contribution is 0.0973. The fraction of sp³-hybridized carbons (Fsp3) is 0.375. The molecule has 0 bridgehead atoms. The number of nitrogens with zero attached hydrogens (tertiary/aromatic N) is 3. The van der Waals surface area contributed by atoms with Crippen molar-refractivity contribution in [3.63, 3.8) is 0 Å². The van der Waals surface area contributed by atoms with Crippen LogP contribution in [0.25, 0.3) is 11.4 Å². The van der Waals surface area contributed by atoms with Gasteiger partial charge < -0.3 is 5.73 Å². The average molecular weight is 415 g/mol. The summed E-state index contributed by atoms with van der Waals surface area (Å²) in [4.78, 5) is 33.9. The first-order valence-electron chi connectivity index (χ1n) is 10.7.